The minimum absolute atomic E-state index is 0.126. The lowest BCUT2D eigenvalue weighted by atomic mass is 9.97. The molecule has 0 aliphatic carbocycles. The van der Waals surface area contributed by atoms with Crippen LogP contribution in [0.1, 0.15) is 12.0 Å². The van der Waals surface area contributed by atoms with E-state index in [-0.39, 0.29) is 5.82 Å². The third-order valence-electron chi connectivity index (χ3n) is 3.77. The van der Waals surface area contributed by atoms with E-state index in [0.29, 0.717) is 12.0 Å². The van der Waals surface area contributed by atoms with E-state index in [1.54, 1.807) is 12.1 Å². The molecular formula is C12H15FN2. The highest BCUT2D eigenvalue weighted by atomic mass is 19.1. The van der Waals surface area contributed by atoms with E-state index in [1.165, 1.54) is 12.1 Å². The summed E-state index contributed by atoms with van der Waals surface area (Å²) in [6.07, 6.45) is 2.15. The van der Waals surface area contributed by atoms with Gasteiger partial charge in [0.25, 0.3) is 0 Å². The molecule has 80 valence electrons. The van der Waals surface area contributed by atoms with E-state index in [1.807, 2.05) is 6.07 Å². The van der Waals surface area contributed by atoms with E-state index in [2.05, 4.69) is 4.90 Å². The van der Waals surface area contributed by atoms with E-state index < -0.39 is 0 Å². The molecule has 2 N–H and O–H groups in total. The first kappa shape index (κ1) is 9.16. The zero-order valence-corrected chi connectivity index (χ0v) is 8.62. The van der Waals surface area contributed by atoms with Crippen LogP contribution in [0.3, 0.4) is 0 Å². The molecule has 2 nitrogen and oxygen atoms in total. The summed E-state index contributed by atoms with van der Waals surface area (Å²) >= 11 is 0. The number of benzene rings is 1. The van der Waals surface area contributed by atoms with Crippen LogP contribution in [0.15, 0.2) is 18.2 Å². The van der Waals surface area contributed by atoms with Crippen molar-refractivity contribution in [1.29, 1.82) is 0 Å². The molecule has 2 unspecified atom stereocenters. The minimum Gasteiger partial charge on any atom is -0.368 e. The number of hydrogen-bond acceptors (Lipinski definition) is 2. The number of nitrogens with two attached hydrogens (primary N) is 1. The average Bonchev–Trinajstić information content (AvgIpc) is 2.74. The Morgan fingerprint density at radius 3 is 3.13 bits per heavy atom. The van der Waals surface area contributed by atoms with E-state index in [0.717, 1.165) is 25.1 Å². The summed E-state index contributed by atoms with van der Waals surface area (Å²) in [6, 6.07) is 5.65. The van der Waals surface area contributed by atoms with Crippen molar-refractivity contribution in [2.24, 2.45) is 11.7 Å². The van der Waals surface area contributed by atoms with Crippen LogP contribution < -0.4 is 10.6 Å². The van der Waals surface area contributed by atoms with Gasteiger partial charge in [0.2, 0.25) is 0 Å². The summed E-state index contributed by atoms with van der Waals surface area (Å²) in [7, 11) is 0. The molecule has 3 heteroatoms. The van der Waals surface area contributed by atoms with Crippen LogP contribution in [0, 0.1) is 11.7 Å². The van der Waals surface area contributed by atoms with Crippen molar-refractivity contribution in [2.75, 3.05) is 18.0 Å². The Balaban J connectivity index is 1.97. The average molecular weight is 206 g/mol. The fourth-order valence-corrected chi connectivity index (χ4v) is 2.99. The number of halogens is 1. The van der Waals surface area contributed by atoms with E-state index in [9.17, 15) is 4.39 Å². The molecule has 0 aromatic heterocycles. The molecule has 15 heavy (non-hydrogen) atoms. The van der Waals surface area contributed by atoms with Crippen molar-refractivity contribution in [1.82, 2.24) is 0 Å². The van der Waals surface area contributed by atoms with Crippen molar-refractivity contribution in [2.45, 2.75) is 18.9 Å². The zero-order valence-electron chi connectivity index (χ0n) is 8.62. The summed E-state index contributed by atoms with van der Waals surface area (Å²) in [5.41, 5.74) is 8.12. The third-order valence-corrected chi connectivity index (χ3v) is 3.77. The van der Waals surface area contributed by atoms with Crippen molar-refractivity contribution in [3.63, 3.8) is 0 Å². The highest BCUT2D eigenvalue weighted by Gasteiger charge is 2.39. The first-order valence-electron chi connectivity index (χ1n) is 5.54. The van der Waals surface area contributed by atoms with Gasteiger partial charge in [0.15, 0.2) is 0 Å². The lowest BCUT2D eigenvalue weighted by molar-refractivity contribution is 0.490. The summed E-state index contributed by atoms with van der Waals surface area (Å²) in [5, 5.41) is 0. The summed E-state index contributed by atoms with van der Waals surface area (Å²) in [5.74, 6) is 0.458. The predicted molar refractivity (Wildman–Crippen MR) is 58.4 cm³/mol. The second-order valence-electron chi connectivity index (χ2n) is 4.52. The van der Waals surface area contributed by atoms with Crippen LogP contribution in [0.25, 0.3) is 0 Å². The van der Waals surface area contributed by atoms with Gasteiger partial charge >= 0.3 is 0 Å². The van der Waals surface area contributed by atoms with Gasteiger partial charge in [0.05, 0.1) is 0 Å². The molecule has 1 saturated heterocycles. The molecule has 2 aliphatic heterocycles. The topological polar surface area (TPSA) is 29.3 Å². The second-order valence-corrected chi connectivity index (χ2v) is 4.52. The van der Waals surface area contributed by atoms with Crippen LogP contribution in [0.4, 0.5) is 10.1 Å². The molecule has 0 amide bonds. The minimum atomic E-state index is -0.126. The zero-order chi connectivity index (χ0) is 10.4. The fourth-order valence-electron chi connectivity index (χ4n) is 2.99. The highest BCUT2D eigenvalue weighted by molar-refractivity contribution is 5.60. The summed E-state index contributed by atoms with van der Waals surface area (Å²) in [4.78, 5) is 2.40. The van der Waals surface area contributed by atoms with Gasteiger partial charge in [-0.2, -0.15) is 0 Å². The number of anilines is 1. The molecular weight excluding hydrogens is 191 g/mol. The Hall–Kier alpha value is -1.09. The molecule has 0 saturated carbocycles. The maximum atomic E-state index is 13.1. The normalized spacial score (nSPS) is 28.0. The molecule has 0 radical (unpaired) electrons. The molecule has 1 fully saturated rings. The van der Waals surface area contributed by atoms with Gasteiger partial charge < -0.3 is 10.6 Å². The Kier molecular flexibility index (Phi) is 1.96. The Morgan fingerprint density at radius 2 is 2.33 bits per heavy atom. The lowest BCUT2D eigenvalue weighted by Crippen LogP contribution is -2.32. The summed E-state index contributed by atoms with van der Waals surface area (Å²) in [6.45, 7) is 1.82. The highest BCUT2D eigenvalue weighted by Crippen LogP contribution is 2.40. The molecule has 2 aliphatic rings. The summed E-state index contributed by atoms with van der Waals surface area (Å²) < 4.78 is 13.1. The standard InChI is InChI=1S/C12H15FN2/c13-10-1-2-11-9(5-10)6-12-8(7-14)3-4-15(11)12/h1-2,5,8,12H,3-4,6-7,14H2. The van der Waals surface area contributed by atoms with E-state index in [4.69, 9.17) is 5.73 Å². The number of nitrogens with zero attached hydrogens (tertiary/aromatic N) is 1. The predicted octanol–water partition coefficient (Wildman–Crippen LogP) is 1.54. The maximum Gasteiger partial charge on any atom is 0.123 e. The van der Waals surface area contributed by atoms with Crippen LogP contribution >= 0.6 is 0 Å². The number of fused-ring (bicyclic) bond motifs is 3. The number of hydrogen-bond donors (Lipinski definition) is 1. The Bertz CT molecular complexity index is 391. The lowest BCUT2D eigenvalue weighted by Gasteiger charge is -2.21. The van der Waals surface area contributed by atoms with Gasteiger partial charge in [-0.15, -0.1) is 0 Å². The Labute approximate surface area is 88.9 Å². The van der Waals surface area contributed by atoms with Gasteiger partial charge in [-0.25, -0.2) is 4.39 Å². The monoisotopic (exact) mass is 206 g/mol. The second kappa shape index (κ2) is 3.20. The quantitative estimate of drug-likeness (QED) is 0.755. The first-order valence-corrected chi connectivity index (χ1v) is 5.54. The molecule has 1 aromatic rings. The van der Waals surface area contributed by atoms with Crippen LogP contribution in [-0.4, -0.2) is 19.1 Å². The molecule has 3 rings (SSSR count). The largest absolute Gasteiger partial charge is 0.368 e. The molecule has 0 bridgehead atoms. The van der Waals surface area contributed by atoms with E-state index >= 15 is 0 Å². The van der Waals surface area contributed by atoms with Crippen LogP contribution in [-0.2, 0) is 6.42 Å². The molecule has 2 heterocycles. The van der Waals surface area contributed by atoms with Gasteiger partial charge in [-0.05, 0) is 49.1 Å². The smallest absolute Gasteiger partial charge is 0.123 e. The molecule has 0 spiro atoms. The van der Waals surface area contributed by atoms with Crippen molar-refractivity contribution < 1.29 is 4.39 Å². The van der Waals surface area contributed by atoms with Crippen molar-refractivity contribution in [3.8, 4) is 0 Å². The number of rotatable bonds is 1. The molecule has 2 atom stereocenters. The van der Waals surface area contributed by atoms with Gasteiger partial charge in [0.1, 0.15) is 5.82 Å². The SMILES string of the molecule is NCC1CCN2c3ccc(F)cc3CC12. The van der Waals surface area contributed by atoms with Crippen LogP contribution in [0.5, 0.6) is 0 Å². The van der Waals surface area contributed by atoms with Gasteiger partial charge in [0, 0.05) is 18.3 Å². The maximum absolute atomic E-state index is 13.1. The molecule has 1 aromatic carbocycles. The fraction of sp³-hybridized carbons (Fsp3) is 0.500. The van der Waals surface area contributed by atoms with Gasteiger partial charge in [-0.1, -0.05) is 0 Å². The van der Waals surface area contributed by atoms with Crippen molar-refractivity contribution in [3.05, 3.63) is 29.6 Å². The first-order chi connectivity index (χ1) is 7.29. The Morgan fingerprint density at radius 1 is 1.47 bits per heavy atom. The third kappa shape index (κ3) is 1.26. The van der Waals surface area contributed by atoms with Gasteiger partial charge in [-0.3, -0.25) is 0 Å². The van der Waals surface area contributed by atoms with Crippen molar-refractivity contribution >= 4 is 5.69 Å². The van der Waals surface area contributed by atoms with Crippen LogP contribution in [0.2, 0.25) is 0 Å².